The maximum atomic E-state index is 2.59. The number of para-hydroxylation sites is 2. The molecule has 2 unspecified atom stereocenters. The van der Waals surface area contributed by atoms with Gasteiger partial charge in [-0.25, -0.2) is 0 Å². The van der Waals surface area contributed by atoms with Gasteiger partial charge in [-0.05, 0) is 38.8 Å². The van der Waals surface area contributed by atoms with Gasteiger partial charge in [-0.3, -0.25) is 0 Å². The first-order chi connectivity index (χ1) is 8.78. The van der Waals surface area contributed by atoms with Crippen molar-refractivity contribution in [3.05, 3.63) is 24.3 Å². The third-order valence-electron chi connectivity index (χ3n) is 4.26. The van der Waals surface area contributed by atoms with E-state index in [0.717, 1.165) is 13.1 Å². The Morgan fingerprint density at radius 1 is 0.778 bits per heavy atom. The minimum absolute atomic E-state index is 0.648. The molecule has 100 valence electrons. The van der Waals surface area contributed by atoms with E-state index >= 15 is 0 Å². The lowest BCUT2D eigenvalue weighted by Gasteiger charge is -2.49. The van der Waals surface area contributed by atoms with E-state index in [0.29, 0.717) is 12.1 Å². The lowest BCUT2D eigenvalue weighted by Crippen LogP contribution is -2.55. The van der Waals surface area contributed by atoms with E-state index in [9.17, 15) is 0 Å². The molecule has 2 rings (SSSR count). The van der Waals surface area contributed by atoms with Crippen LogP contribution < -0.4 is 9.80 Å². The number of hydrogen-bond donors (Lipinski definition) is 0. The fourth-order valence-electron chi connectivity index (χ4n) is 3.52. The SMILES string of the molecule is CCC1C(CC)N(CC)c2ccccc2N1CC. The first-order valence-electron chi connectivity index (χ1n) is 7.40. The summed E-state index contributed by atoms with van der Waals surface area (Å²) < 4.78 is 0. The van der Waals surface area contributed by atoms with Gasteiger partial charge in [0.05, 0.1) is 11.4 Å². The maximum absolute atomic E-state index is 2.59. The highest BCUT2D eigenvalue weighted by Crippen LogP contribution is 2.39. The quantitative estimate of drug-likeness (QED) is 0.794. The highest BCUT2D eigenvalue weighted by molar-refractivity contribution is 5.74. The molecule has 0 amide bonds. The highest BCUT2D eigenvalue weighted by Gasteiger charge is 2.35. The van der Waals surface area contributed by atoms with Crippen LogP contribution in [0.5, 0.6) is 0 Å². The Balaban J connectivity index is 2.50. The van der Waals surface area contributed by atoms with Gasteiger partial charge in [0, 0.05) is 25.2 Å². The maximum Gasteiger partial charge on any atom is 0.0607 e. The van der Waals surface area contributed by atoms with Crippen LogP contribution in [-0.4, -0.2) is 25.2 Å². The fourth-order valence-corrected chi connectivity index (χ4v) is 3.52. The van der Waals surface area contributed by atoms with Crippen LogP contribution >= 0.6 is 0 Å². The van der Waals surface area contributed by atoms with Crippen molar-refractivity contribution < 1.29 is 0 Å². The summed E-state index contributed by atoms with van der Waals surface area (Å²) in [4.78, 5) is 5.19. The number of benzene rings is 1. The Morgan fingerprint density at radius 3 is 1.44 bits per heavy atom. The third kappa shape index (κ3) is 1.98. The third-order valence-corrected chi connectivity index (χ3v) is 4.26. The molecule has 1 aliphatic heterocycles. The summed E-state index contributed by atoms with van der Waals surface area (Å²) in [5, 5.41) is 0. The van der Waals surface area contributed by atoms with Crippen LogP contribution in [0.1, 0.15) is 40.5 Å². The van der Waals surface area contributed by atoms with Crippen molar-refractivity contribution in [2.45, 2.75) is 52.6 Å². The second-order valence-electron chi connectivity index (χ2n) is 5.01. The van der Waals surface area contributed by atoms with E-state index in [1.807, 2.05) is 0 Å². The van der Waals surface area contributed by atoms with Crippen LogP contribution in [-0.2, 0) is 0 Å². The van der Waals surface area contributed by atoms with Gasteiger partial charge < -0.3 is 9.80 Å². The predicted molar refractivity (Wildman–Crippen MR) is 80.6 cm³/mol. The molecule has 2 atom stereocenters. The molecule has 0 N–H and O–H groups in total. The number of rotatable bonds is 4. The average Bonchev–Trinajstić information content (AvgIpc) is 2.44. The zero-order valence-corrected chi connectivity index (χ0v) is 12.2. The van der Waals surface area contributed by atoms with Crippen LogP contribution in [0.25, 0.3) is 0 Å². The Bertz CT molecular complexity index is 351. The molecule has 2 heteroatoms. The molecule has 0 saturated heterocycles. The van der Waals surface area contributed by atoms with Crippen LogP contribution in [0, 0.1) is 0 Å². The minimum atomic E-state index is 0.648. The normalized spacial score (nSPS) is 23.1. The molecule has 0 aliphatic carbocycles. The van der Waals surface area contributed by atoms with E-state index in [1.165, 1.54) is 24.2 Å². The Hall–Kier alpha value is -1.18. The molecule has 2 nitrogen and oxygen atoms in total. The second-order valence-corrected chi connectivity index (χ2v) is 5.01. The zero-order valence-electron chi connectivity index (χ0n) is 12.2. The smallest absolute Gasteiger partial charge is 0.0607 e. The van der Waals surface area contributed by atoms with Gasteiger partial charge in [-0.1, -0.05) is 26.0 Å². The van der Waals surface area contributed by atoms with E-state index in [4.69, 9.17) is 0 Å². The van der Waals surface area contributed by atoms with Crippen LogP contribution in [0.15, 0.2) is 24.3 Å². The molecule has 1 aromatic rings. The lowest BCUT2D eigenvalue weighted by molar-refractivity contribution is 0.425. The molecule has 0 saturated carbocycles. The van der Waals surface area contributed by atoms with Crippen molar-refractivity contribution in [1.29, 1.82) is 0 Å². The van der Waals surface area contributed by atoms with Gasteiger partial charge in [0.1, 0.15) is 0 Å². The van der Waals surface area contributed by atoms with Gasteiger partial charge >= 0.3 is 0 Å². The minimum Gasteiger partial charge on any atom is -0.365 e. The second kappa shape index (κ2) is 5.64. The number of fused-ring (bicyclic) bond motifs is 1. The van der Waals surface area contributed by atoms with Crippen molar-refractivity contribution in [3.63, 3.8) is 0 Å². The van der Waals surface area contributed by atoms with Crippen LogP contribution in [0.4, 0.5) is 11.4 Å². The zero-order chi connectivity index (χ0) is 13.1. The molecule has 0 bridgehead atoms. The largest absolute Gasteiger partial charge is 0.365 e. The molecule has 0 aromatic heterocycles. The molecule has 1 heterocycles. The summed E-state index contributed by atoms with van der Waals surface area (Å²) in [6.45, 7) is 11.4. The van der Waals surface area contributed by atoms with Crippen LogP contribution in [0.3, 0.4) is 0 Å². The van der Waals surface area contributed by atoms with Gasteiger partial charge in [-0.2, -0.15) is 0 Å². The van der Waals surface area contributed by atoms with Gasteiger partial charge in [0.25, 0.3) is 0 Å². The standard InChI is InChI=1S/C16H26N2/c1-5-13-14(6-2)18(8-4)16-12-10-9-11-15(16)17(13)7-3/h9-14H,5-8H2,1-4H3. The summed E-state index contributed by atoms with van der Waals surface area (Å²) in [6, 6.07) is 10.2. The molecule has 18 heavy (non-hydrogen) atoms. The van der Waals surface area contributed by atoms with Crippen molar-refractivity contribution in [3.8, 4) is 0 Å². The molecule has 1 aliphatic rings. The molecular weight excluding hydrogens is 220 g/mol. The number of hydrogen-bond acceptors (Lipinski definition) is 2. The molecule has 0 spiro atoms. The summed E-state index contributed by atoms with van der Waals surface area (Å²) in [5.41, 5.74) is 2.83. The Morgan fingerprint density at radius 2 is 1.17 bits per heavy atom. The number of likely N-dealkylation sites (N-methyl/N-ethyl adjacent to an activating group) is 2. The van der Waals surface area contributed by atoms with Gasteiger partial charge in [0.2, 0.25) is 0 Å². The van der Waals surface area contributed by atoms with Gasteiger partial charge in [-0.15, -0.1) is 0 Å². The Labute approximate surface area is 112 Å². The van der Waals surface area contributed by atoms with Crippen molar-refractivity contribution in [2.75, 3.05) is 22.9 Å². The lowest BCUT2D eigenvalue weighted by atomic mass is 9.94. The summed E-state index contributed by atoms with van der Waals surface area (Å²) >= 11 is 0. The molecule has 0 fully saturated rings. The van der Waals surface area contributed by atoms with E-state index in [-0.39, 0.29) is 0 Å². The number of anilines is 2. The Kier molecular flexibility index (Phi) is 4.15. The van der Waals surface area contributed by atoms with Crippen LogP contribution in [0.2, 0.25) is 0 Å². The predicted octanol–water partition coefficient (Wildman–Crippen LogP) is 3.91. The highest BCUT2D eigenvalue weighted by atomic mass is 15.3. The number of nitrogens with zero attached hydrogens (tertiary/aromatic N) is 2. The fraction of sp³-hybridized carbons (Fsp3) is 0.625. The van der Waals surface area contributed by atoms with Gasteiger partial charge in [0.15, 0.2) is 0 Å². The van der Waals surface area contributed by atoms with Crippen molar-refractivity contribution >= 4 is 11.4 Å². The monoisotopic (exact) mass is 246 g/mol. The van der Waals surface area contributed by atoms with E-state index in [2.05, 4.69) is 61.8 Å². The first kappa shape index (κ1) is 13.3. The molecule has 0 radical (unpaired) electrons. The topological polar surface area (TPSA) is 6.48 Å². The average molecular weight is 246 g/mol. The van der Waals surface area contributed by atoms with Crippen molar-refractivity contribution in [2.24, 2.45) is 0 Å². The summed E-state index contributed by atoms with van der Waals surface area (Å²) in [7, 11) is 0. The van der Waals surface area contributed by atoms with E-state index in [1.54, 1.807) is 0 Å². The summed E-state index contributed by atoms with van der Waals surface area (Å²) in [6.07, 6.45) is 2.44. The molecule has 1 aromatic carbocycles. The first-order valence-corrected chi connectivity index (χ1v) is 7.40. The summed E-state index contributed by atoms with van der Waals surface area (Å²) in [5.74, 6) is 0. The molecular formula is C16H26N2. The van der Waals surface area contributed by atoms with E-state index < -0.39 is 0 Å². The van der Waals surface area contributed by atoms with Crippen molar-refractivity contribution in [1.82, 2.24) is 0 Å².